The Bertz CT molecular complexity index is 625. The first kappa shape index (κ1) is 18.8. The highest BCUT2D eigenvalue weighted by molar-refractivity contribution is 6.38. The number of Topliss-reactive ketones (excluding diaryl/α,β-unsaturated/α-hetero) is 3. The van der Waals surface area contributed by atoms with Gasteiger partial charge in [-0.25, -0.2) is 0 Å². The molecule has 5 saturated carbocycles. The molecule has 148 valence electrons. The van der Waals surface area contributed by atoms with E-state index in [2.05, 4.69) is 0 Å². The summed E-state index contributed by atoms with van der Waals surface area (Å²) in [7, 11) is 0. The monoisotopic (exact) mass is 374 g/mol. The van der Waals surface area contributed by atoms with Gasteiger partial charge in [-0.3, -0.25) is 19.2 Å². The molecule has 0 spiro atoms. The fraction of sp³-hybridized carbons (Fsp3) is 0.818. The van der Waals surface area contributed by atoms with E-state index in [9.17, 15) is 19.2 Å². The third-order valence-electron chi connectivity index (χ3n) is 7.39. The van der Waals surface area contributed by atoms with Crippen molar-refractivity contribution in [2.45, 2.75) is 83.2 Å². The van der Waals surface area contributed by atoms with Gasteiger partial charge in [-0.1, -0.05) is 0 Å². The minimum absolute atomic E-state index is 0.0220. The minimum Gasteiger partial charge on any atom is -0.462 e. The summed E-state index contributed by atoms with van der Waals surface area (Å²) in [6.07, 6.45) is 12.7. The SMILES string of the molecule is O=C1CC2CCC(C2)C1=O.O=C1CC2CCC(C2)O1.O=C1CC2CCC1C2. The molecule has 5 aliphatic carbocycles. The molecule has 5 heteroatoms. The first-order valence-electron chi connectivity index (χ1n) is 10.8. The Hall–Kier alpha value is -1.52. The molecule has 6 aliphatic rings. The standard InChI is InChI=1S/C8H10O2.C7H10O2.C7H10O/c9-7-4-5-1-2-6(3-5)8(7)10;8-7-4-5-1-2-6(3-5)9-7;8-7-4-5-1-2-6(7)3-5/h5-6H,1-4H2;5-6H,1-4H2;5-6H,1-4H2. The van der Waals surface area contributed by atoms with E-state index >= 15 is 0 Å². The zero-order chi connectivity index (χ0) is 19.0. The highest BCUT2D eigenvalue weighted by Crippen LogP contribution is 2.41. The van der Waals surface area contributed by atoms with Crippen molar-refractivity contribution in [3.63, 3.8) is 0 Å². The molecule has 0 aromatic rings. The van der Waals surface area contributed by atoms with Crippen LogP contribution in [-0.4, -0.2) is 29.4 Å². The second kappa shape index (κ2) is 7.84. The van der Waals surface area contributed by atoms with Crippen LogP contribution < -0.4 is 0 Å². The highest BCUT2D eigenvalue weighted by atomic mass is 16.5. The van der Waals surface area contributed by atoms with Crippen molar-refractivity contribution in [1.29, 1.82) is 0 Å². The van der Waals surface area contributed by atoms with Gasteiger partial charge in [0.15, 0.2) is 5.78 Å². The number of hydrogen-bond acceptors (Lipinski definition) is 5. The molecule has 27 heavy (non-hydrogen) atoms. The molecule has 6 atom stereocenters. The van der Waals surface area contributed by atoms with Crippen molar-refractivity contribution in [3.05, 3.63) is 0 Å². The molecule has 6 unspecified atom stereocenters. The zero-order valence-electron chi connectivity index (χ0n) is 16.0. The molecule has 1 heterocycles. The average molecular weight is 374 g/mol. The Morgan fingerprint density at radius 2 is 1.26 bits per heavy atom. The van der Waals surface area contributed by atoms with Gasteiger partial charge in [-0.2, -0.15) is 0 Å². The van der Waals surface area contributed by atoms with Crippen LogP contribution in [0.3, 0.4) is 0 Å². The van der Waals surface area contributed by atoms with Crippen molar-refractivity contribution < 1.29 is 23.9 Å². The van der Waals surface area contributed by atoms with Crippen LogP contribution in [0.25, 0.3) is 0 Å². The van der Waals surface area contributed by atoms with Gasteiger partial charge in [0, 0.05) is 31.1 Å². The summed E-state index contributed by atoms with van der Waals surface area (Å²) in [5.41, 5.74) is 0. The fourth-order valence-corrected chi connectivity index (χ4v) is 5.88. The third kappa shape index (κ3) is 4.33. The summed E-state index contributed by atoms with van der Waals surface area (Å²) in [5, 5.41) is 0. The molecular weight excluding hydrogens is 344 g/mol. The van der Waals surface area contributed by atoms with Crippen LogP contribution in [0.4, 0.5) is 0 Å². The molecule has 5 nitrogen and oxygen atoms in total. The van der Waals surface area contributed by atoms with Gasteiger partial charge in [0.25, 0.3) is 0 Å². The predicted molar refractivity (Wildman–Crippen MR) is 97.8 cm³/mol. The van der Waals surface area contributed by atoms with Crippen molar-refractivity contribution in [3.8, 4) is 0 Å². The summed E-state index contributed by atoms with van der Waals surface area (Å²) in [5.74, 6) is 2.99. The maximum absolute atomic E-state index is 11.0. The van der Waals surface area contributed by atoms with Crippen molar-refractivity contribution in [2.24, 2.45) is 29.6 Å². The van der Waals surface area contributed by atoms with E-state index in [4.69, 9.17) is 4.74 Å². The summed E-state index contributed by atoms with van der Waals surface area (Å²) in [6.45, 7) is 0. The fourth-order valence-electron chi connectivity index (χ4n) is 5.88. The largest absolute Gasteiger partial charge is 0.462 e. The Labute approximate surface area is 160 Å². The number of fused-ring (bicyclic) bond motifs is 6. The molecule has 1 aliphatic heterocycles. The number of ketones is 3. The third-order valence-corrected chi connectivity index (χ3v) is 7.39. The maximum Gasteiger partial charge on any atom is 0.306 e. The summed E-state index contributed by atoms with van der Waals surface area (Å²) in [4.78, 5) is 43.5. The lowest BCUT2D eigenvalue weighted by Crippen LogP contribution is -2.27. The van der Waals surface area contributed by atoms with Crippen molar-refractivity contribution >= 4 is 23.3 Å². The van der Waals surface area contributed by atoms with E-state index in [1.54, 1.807) is 0 Å². The second-order valence-corrected chi connectivity index (χ2v) is 9.41. The second-order valence-electron chi connectivity index (χ2n) is 9.41. The Morgan fingerprint density at radius 3 is 1.85 bits per heavy atom. The first-order valence-corrected chi connectivity index (χ1v) is 10.8. The van der Waals surface area contributed by atoms with E-state index < -0.39 is 0 Å². The normalized spacial score (nSPS) is 40.9. The Kier molecular flexibility index (Phi) is 5.47. The van der Waals surface area contributed by atoms with Crippen LogP contribution in [-0.2, 0) is 23.9 Å². The van der Waals surface area contributed by atoms with E-state index in [0.29, 0.717) is 36.4 Å². The molecule has 0 amide bonds. The van der Waals surface area contributed by atoms with Crippen molar-refractivity contribution in [1.82, 2.24) is 0 Å². The number of carbonyl (C=O) groups is 4. The molecule has 0 aromatic carbocycles. The van der Waals surface area contributed by atoms with E-state index in [0.717, 1.165) is 44.4 Å². The molecule has 6 bridgehead atoms. The van der Waals surface area contributed by atoms with E-state index in [-0.39, 0.29) is 29.6 Å². The van der Waals surface area contributed by atoms with Gasteiger partial charge in [-0.15, -0.1) is 0 Å². The summed E-state index contributed by atoms with van der Waals surface area (Å²) in [6, 6.07) is 0. The van der Waals surface area contributed by atoms with Gasteiger partial charge >= 0.3 is 5.97 Å². The maximum atomic E-state index is 11.0. The quantitative estimate of drug-likeness (QED) is 0.479. The lowest BCUT2D eigenvalue weighted by molar-refractivity contribution is -0.152. The van der Waals surface area contributed by atoms with Crippen LogP contribution in [0.2, 0.25) is 0 Å². The van der Waals surface area contributed by atoms with Gasteiger partial charge < -0.3 is 4.74 Å². The molecule has 0 aromatic heterocycles. The smallest absolute Gasteiger partial charge is 0.306 e. The molecule has 1 saturated heterocycles. The lowest BCUT2D eigenvalue weighted by Gasteiger charge is -2.17. The number of rotatable bonds is 0. The number of esters is 1. The zero-order valence-corrected chi connectivity index (χ0v) is 16.0. The Balaban J connectivity index is 0.000000101. The van der Waals surface area contributed by atoms with Crippen LogP contribution >= 0.6 is 0 Å². The molecular formula is C22H30O5. The highest BCUT2D eigenvalue weighted by Gasteiger charge is 2.40. The van der Waals surface area contributed by atoms with Crippen molar-refractivity contribution in [2.75, 3.05) is 0 Å². The predicted octanol–water partition coefficient (Wildman–Crippen LogP) is 3.42. The number of ether oxygens (including phenoxy) is 1. The number of carbonyl (C=O) groups excluding carboxylic acids is 4. The van der Waals surface area contributed by atoms with Crippen LogP contribution in [0.1, 0.15) is 77.0 Å². The van der Waals surface area contributed by atoms with Crippen LogP contribution in [0.15, 0.2) is 0 Å². The summed E-state index contributed by atoms with van der Waals surface area (Å²) < 4.78 is 5.04. The topological polar surface area (TPSA) is 77.5 Å². The molecule has 6 rings (SSSR count). The Morgan fingerprint density at radius 1 is 0.630 bits per heavy atom. The van der Waals surface area contributed by atoms with Crippen LogP contribution in [0.5, 0.6) is 0 Å². The van der Waals surface area contributed by atoms with Gasteiger partial charge in [0.1, 0.15) is 11.9 Å². The number of hydrogen-bond donors (Lipinski definition) is 0. The first-order chi connectivity index (χ1) is 13.0. The molecule has 0 N–H and O–H groups in total. The van der Waals surface area contributed by atoms with Gasteiger partial charge in [-0.05, 0) is 75.5 Å². The van der Waals surface area contributed by atoms with Crippen LogP contribution in [0, 0.1) is 29.6 Å². The lowest BCUT2D eigenvalue weighted by atomic mass is 9.87. The van der Waals surface area contributed by atoms with Gasteiger partial charge in [0.05, 0.1) is 0 Å². The molecule has 0 radical (unpaired) electrons. The van der Waals surface area contributed by atoms with Gasteiger partial charge in [0.2, 0.25) is 5.78 Å². The summed E-state index contributed by atoms with van der Waals surface area (Å²) >= 11 is 0. The molecule has 6 fully saturated rings. The van der Waals surface area contributed by atoms with E-state index in [1.807, 2.05) is 0 Å². The van der Waals surface area contributed by atoms with E-state index in [1.165, 1.54) is 25.7 Å². The minimum atomic E-state index is -0.112. The average Bonchev–Trinajstić information content (AvgIpc) is 3.39.